The zero-order chi connectivity index (χ0) is 33.5. The molecule has 0 aromatic heterocycles. The van der Waals surface area contributed by atoms with E-state index in [4.69, 9.17) is 32.2 Å². The second-order valence-corrected chi connectivity index (χ2v) is 13.5. The van der Waals surface area contributed by atoms with Gasteiger partial charge in [-0.2, -0.15) is 0 Å². The number of nitrogens with one attached hydrogen (secondary N) is 1. The standard InChI is InChI=1S/C23H32O4.C9H19N5O4/c1-14(24)27-13-21(26)20-7-6-18-17-5-4-15-12-16(25)8-10-22(15,2)19(17)9-11-23(18,20)3;10-5(2-1-3-13-9(11)12)7(16)14-6(4-15)8(17)18/h12,17-20H,4-11,13H2,1-3H3;5-6,15H,1-4,10H2,(H,14,16)(H,17,18)(H4,11,12,13)/t17-,18-,19-,20+,22-,23-;5-,6-/m00/s1. The summed E-state index contributed by atoms with van der Waals surface area (Å²) in [6.07, 6.45) is 10.9. The number of carboxylic acids is 1. The van der Waals surface area contributed by atoms with Gasteiger partial charge in [0.1, 0.15) is 12.6 Å². The molecule has 0 aromatic carbocycles. The molecule has 252 valence electrons. The molecule has 4 aliphatic carbocycles. The SMILES string of the molecule is CC(=O)OCC(=O)[C@H]1CC[C@H]2[C@@H]3CCC4=CC(=O)CC[C@]4(C)[C@H]3CC[C@]12C.NC(N)=NCCC[C@H](N)C(=O)N[C@@H](CO)C(=O)O. The molecule has 4 rings (SSSR count). The van der Waals surface area contributed by atoms with Crippen LogP contribution in [-0.4, -0.2) is 77.4 Å². The molecule has 3 fully saturated rings. The van der Waals surface area contributed by atoms with Crippen molar-refractivity contribution in [2.45, 2.75) is 97.1 Å². The van der Waals surface area contributed by atoms with E-state index in [1.54, 1.807) is 0 Å². The maximum atomic E-state index is 12.8. The number of carbonyl (C=O) groups excluding carboxylic acids is 4. The zero-order valence-electron chi connectivity index (χ0n) is 26.8. The van der Waals surface area contributed by atoms with Crippen molar-refractivity contribution in [3.63, 3.8) is 0 Å². The van der Waals surface area contributed by atoms with Crippen LogP contribution < -0.4 is 22.5 Å². The summed E-state index contributed by atoms with van der Waals surface area (Å²) in [6, 6.07) is -2.21. The molecule has 0 heterocycles. The van der Waals surface area contributed by atoms with Gasteiger partial charge in [-0.3, -0.25) is 24.2 Å². The quantitative estimate of drug-likeness (QED) is 0.0818. The Balaban J connectivity index is 0.000000270. The fraction of sp³-hybridized carbons (Fsp3) is 0.750. The number of rotatable bonds is 11. The maximum absolute atomic E-state index is 12.8. The highest BCUT2D eigenvalue weighted by atomic mass is 16.5. The number of allylic oxidation sites excluding steroid dienone is 1. The molecule has 45 heavy (non-hydrogen) atoms. The fourth-order valence-electron chi connectivity index (χ4n) is 8.48. The molecular weight excluding hydrogens is 582 g/mol. The number of aliphatic hydroxyl groups excluding tert-OH is 1. The third kappa shape index (κ3) is 8.49. The molecular formula is C32H51N5O8. The van der Waals surface area contributed by atoms with Gasteiger partial charge in [0.25, 0.3) is 0 Å². The number of fused-ring (bicyclic) bond motifs is 5. The summed E-state index contributed by atoms with van der Waals surface area (Å²) in [7, 11) is 0. The summed E-state index contributed by atoms with van der Waals surface area (Å²) in [5.74, 6) is -0.0502. The lowest BCUT2D eigenvalue weighted by atomic mass is 9.46. The molecule has 13 heteroatoms. The first-order valence-corrected chi connectivity index (χ1v) is 16.0. The number of hydrogen-bond acceptors (Lipinski definition) is 9. The van der Waals surface area contributed by atoms with Crippen LogP contribution in [0.15, 0.2) is 16.6 Å². The number of esters is 1. The molecule has 0 aromatic rings. The van der Waals surface area contributed by atoms with E-state index < -0.39 is 30.6 Å². The highest BCUT2D eigenvalue weighted by molar-refractivity contribution is 5.91. The molecule has 1 amide bonds. The van der Waals surface area contributed by atoms with E-state index in [0.29, 0.717) is 49.3 Å². The number of hydrogen-bond donors (Lipinski definition) is 6. The normalized spacial score (nSPS) is 31.3. The van der Waals surface area contributed by atoms with Crippen LogP contribution in [0.5, 0.6) is 0 Å². The first kappa shape index (κ1) is 36.2. The molecule has 0 bridgehead atoms. The van der Waals surface area contributed by atoms with E-state index in [2.05, 4.69) is 24.2 Å². The Labute approximate surface area is 264 Å². The molecule has 13 nitrogen and oxygen atoms in total. The summed E-state index contributed by atoms with van der Waals surface area (Å²) in [5, 5.41) is 19.5. The van der Waals surface area contributed by atoms with Gasteiger partial charge in [0.15, 0.2) is 17.5 Å². The van der Waals surface area contributed by atoms with Gasteiger partial charge in [-0.25, -0.2) is 4.79 Å². The number of carbonyl (C=O) groups is 5. The smallest absolute Gasteiger partial charge is 0.328 e. The minimum absolute atomic E-state index is 0.0282. The fourth-order valence-corrected chi connectivity index (χ4v) is 8.48. The summed E-state index contributed by atoms with van der Waals surface area (Å²) in [6.45, 7) is 5.65. The molecule has 0 radical (unpaired) electrons. The monoisotopic (exact) mass is 633 g/mol. The Morgan fingerprint density at radius 2 is 1.80 bits per heavy atom. The van der Waals surface area contributed by atoms with Crippen LogP contribution in [-0.2, 0) is 28.7 Å². The van der Waals surface area contributed by atoms with Gasteiger partial charge in [-0.15, -0.1) is 0 Å². The number of aliphatic hydroxyl groups is 1. The highest BCUT2D eigenvalue weighted by Crippen LogP contribution is 2.66. The van der Waals surface area contributed by atoms with E-state index in [1.165, 1.54) is 12.5 Å². The number of nitrogens with zero attached hydrogens (tertiary/aromatic N) is 1. The lowest BCUT2D eigenvalue weighted by Gasteiger charge is -2.58. The van der Waals surface area contributed by atoms with Gasteiger partial charge in [0.2, 0.25) is 5.91 Å². The Morgan fingerprint density at radius 1 is 1.09 bits per heavy atom. The van der Waals surface area contributed by atoms with Crippen molar-refractivity contribution >= 4 is 35.4 Å². The Kier molecular flexibility index (Phi) is 12.3. The van der Waals surface area contributed by atoms with Crippen LogP contribution in [0.4, 0.5) is 0 Å². The van der Waals surface area contributed by atoms with Crippen molar-refractivity contribution in [3.8, 4) is 0 Å². The number of Topliss-reactive ketones (excluding diaryl/α,β-unsaturated/α-hetero) is 1. The number of carboxylic acid groups (broad SMARTS) is 1. The van der Waals surface area contributed by atoms with Crippen LogP contribution in [0.3, 0.4) is 0 Å². The van der Waals surface area contributed by atoms with Crippen molar-refractivity contribution in [2.24, 2.45) is 56.7 Å². The number of aliphatic carboxylic acids is 1. The molecule has 8 atom stereocenters. The second kappa shape index (κ2) is 15.3. The summed E-state index contributed by atoms with van der Waals surface area (Å²) in [5.41, 5.74) is 17.4. The van der Waals surface area contributed by atoms with Crippen LogP contribution in [0, 0.1) is 34.5 Å². The predicted molar refractivity (Wildman–Crippen MR) is 166 cm³/mol. The highest BCUT2D eigenvalue weighted by Gasteiger charge is 2.60. The minimum atomic E-state index is -1.35. The minimum Gasteiger partial charge on any atom is -0.480 e. The van der Waals surface area contributed by atoms with Crippen molar-refractivity contribution in [3.05, 3.63) is 11.6 Å². The Hall–Kier alpha value is -3.32. The second-order valence-electron chi connectivity index (χ2n) is 13.5. The van der Waals surface area contributed by atoms with Crippen molar-refractivity contribution < 1.29 is 38.9 Å². The lowest BCUT2D eigenvalue weighted by Crippen LogP contribution is -2.51. The van der Waals surface area contributed by atoms with E-state index in [9.17, 15) is 24.0 Å². The zero-order valence-corrected chi connectivity index (χ0v) is 26.8. The molecule has 3 saturated carbocycles. The average molecular weight is 634 g/mol. The molecule has 4 aliphatic rings. The first-order chi connectivity index (χ1) is 21.1. The number of guanidine groups is 1. The first-order valence-electron chi connectivity index (χ1n) is 16.0. The van der Waals surface area contributed by atoms with Gasteiger partial charge in [-0.05, 0) is 92.4 Å². The topological polar surface area (TPSA) is 237 Å². The Morgan fingerprint density at radius 3 is 2.42 bits per heavy atom. The third-order valence-electron chi connectivity index (χ3n) is 10.9. The van der Waals surface area contributed by atoms with Gasteiger partial charge in [0.05, 0.1) is 12.6 Å². The van der Waals surface area contributed by atoms with Crippen molar-refractivity contribution in [2.75, 3.05) is 19.8 Å². The summed E-state index contributed by atoms with van der Waals surface area (Å²) in [4.78, 5) is 61.5. The maximum Gasteiger partial charge on any atom is 0.328 e. The molecule has 0 saturated heterocycles. The molecule has 0 unspecified atom stereocenters. The molecule has 9 N–H and O–H groups in total. The molecule has 0 aliphatic heterocycles. The third-order valence-corrected chi connectivity index (χ3v) is 10.9. The number of amides is 1. The van der Waals surface area contributed by atoms with E-state index >= 15 is 0 Å². The van der Waals surface area contributed by atoms with E-state index in [-0.39, 0.29) is 41.1 Å². The van der Waals surface area contributed by atoms with Gasteiger partial charge in [-0.1, -0.05) is 19.4 Å². The summed E-state index contributed by atoms with van der Waals surface area (Å²) >= 11 is 0. The Bertz CT molecular complexity index is 1200. The predicted octanol–water partition coefficient (Wildman–Crippen LogP) is 1.20. The van der Waals surface area contributed by atoms with Crippen molar-refractivity contribution in [1.82, 2.24) is 5.32 Å². The number of ether oxygens (including phenoxy) is 1. The molecule has 0 spiro atoms. The number of ketones is 2. The van der Waals surface area contributed by atoms with E-state index in [0.717, 1.165) is 44.9 Å². The van der Waals surface area contributed by atoms with Gasteiger partial charge >= 0.3 is 11.9 Å². The van der Waals surface area contributed by atoms with Crippen LogP contribution in [0.1, 0.15) is 85.0 Å². The number of nitrogens with two attached hydrogens (primary N) is 3. The van der Waals surface area contributed by atoms with Gasteiger partial charge in [0, 0.05) is 25.8 Å². The number of aliphatic imine (C=N–C) groups is 1. The van der Waals surface area contributed by atoms with Gasteiger partial charge < -0.3 is 37.5 Å². The van der Waals surface area contributed by atoms with Crippen molar-refractivity contribution in [1.29, 1.82) is 0 Å². The van der Waals surface area contributed by atoms with Crippen LogP contribution in [0.25, 0.3) is 0 Å². The average Bonchev–Trinajstić information content (AvgIpc) is 3.34. The largest absolute Gasteiger partial charge is 0.480 e. The lowest BCUT2D eigenvalue weighted by molar-refractivity contribution is -0.149. The van der Waals surface area contributed by atoms with Crippen LogP contribution in [0.2, 0.25) is 0 Å². The van der Waals surface area contributed by atoms with Crippen LogP contribution >= 0.6 is 0 Å². The van der Waals surface area contributed by atoms with E-state index in [1.807, 2.05) is 6.08 Å². The summed E-state index contributed by atoms with van der Waals surface area (Å²) < 4.78 is 5.02.